The minimum atomic E-state index is -0.732. The zero-order chi connectivity index (χ0) is 13.0. The quantitative estimate of drug-likeness (QED) is 0.773. The first-order chi connectivity index (χ1) is 8.02. The molecule has 0 saturated carbocycles. The smallest absolute Gasteiger partial charge is 0.310 e. The van der Waals surface area contributed by atoms with Gasteiger partial charge < -0.3 is 9.84 Å². The third-order valence-corrected chi connectivity index (χ3v) is 3.77. The molecule has 1 N–H and O–H groups in total. The van der Waals surface area contributed by atoms with Crippen molar-refractivity contribution in [3.05, 3.63) is 0 Å². The molecular weight excluding hydrogens is 218 g/mol. The van der Waals surface area contributed by atoms with E-state index in [9.17, 15) is 9.90 Å². The molecule has 1 heterocycles. The van der Waals surface area contributed by atoms with Crippen LogP contribution in [-0.2, 0) is 9.53 Å². The van der Waals surface area contributed by atoms with E-state index in [1.54, 1.807) is 0 Å². The lowest BCUT2D eigenvalue weighted by molar-refractivity contribution is -0.143. The van der Waals surface area contributed by atoms with Crippen molar-refractivity contribution in [1.29, 1.82) is 0 Å². The maximum absolute atomic E-state index is 11.2. The fourth-order valence-electron chi connectivity index (χ4n) is 2.91. The number of rotatable bonds is 6. The van der Waals surface area contributed by atoms with Gasteiger partial charge in [-0.3, -0.25) is 9.69 Å². The Labute approximate surface area is 104 Å². The summed E-state index contributed by atoms with van der Waals surface area (Å²) >= 11 is 0. The summed E-state index contributed by atoms with van der Waals surface area (Å²) in [6.07, 6.45) is 1.05. The van der Waals surface area contributed by atoms with Crippen LogP contribution in [0.15, 0.2) is 0 Å². The number of likely N-dealkylation sites (N-methyl/N-ethyl adjacent to an activating group) is 1. The van der Waals surface area contributed by atoms with Crippen LogP contribution >= 0.6 is 0 Å². The lowest BCUT2D eigenvalue weighted by Gasteiger charge is -2.38. The van der Waals surface area contributed by atoms with Gasteiger partial charge in [0.25, 0.3) is 0 Å². The minimum absolute atomic E-state index is 0.0323. The van der Waals surface area contributed by atoms with Crippen molar-refractivity contribution in [3.63, 3.8) is 0 Å². The highest BCUT2D eigenvalue weighted by Gasteiger charge is 2.40. The van der Waals surface area contributed by atoms with Crippen molar-refractivity contribution < 1.29 is 14.6 Å². The lowest BCUT2D eigenvalue weighted by Crippen LogP contribution is -2.50. The Bertz CT molecular complexity index is 255. The number of hydrogen-bond donors (Lipinski definition) is 1. The first kappa shape index (κ1) is 14.5. The molecule has 0 aromatic carbocycles. The fourth-order valence-corrected chi connectivity index (χ4v) is 2.91. The maximum atomic E-state index is 11.2. The topological polar surface area (TPSA) is 49.8 Å². The van der Waals surface area contributed by atoms with E-state index in [0.29, 0.717) is 25.2 Å². The Kier molecular flexibility index (Phi) is 5.40. The third-order valence-electron chi connectivity index (χ3n) is 3.77. The largest absolute Gasteiger partial charge is 0.481 e. The number of ether oxygens (including phenoxy) is 1. The van der Waals surface area contributed by atoms with E-state index < -0.39 is 5.97 Å². The molecule has 17 heavy (non-hydrogen) atoms. The van der Waals surface area contributed by atoms with Gasteiger partial charge in [-0.1, -0.05) is 27.7 Å². The summed E-state index contributed by atoms with van der Waals surface area (Å²) in [5.41, 5.74) is 0. The van der Waals surface area contributed by atoms with E-state index >= 15 is 0 Å². The number of nitrogens with zero attached hydrogens (tertiary/aromatic N) is 1. The molecule has 0 amide bonds. The fraction of sp³-hybridized carbons (Fsp3) is 0.923. The second kappa shape index (κ2) is 6.36. The number of aliphatic carboxylic acids is 1. The van der Waals surface area contributed by atoms with Crippen LogP contribution in [-0.4, -0.2) is 47.8 Å². The van der Waals surface area contributed by atoms with Crippen LogP contribution in [0.5, 0.6) is 0 Å². The Hall–Kier alpha value is -0.610. The highest BCUT2D eigenvalue weighted by Crippen LogP contribution is 2.25. The van der Waals surface area contributed by atoms with Crippen LogP contribution in [0.3, 0.4) is 0 Å². The minimum Gasteiger partial charge on any atom is -0.481 e. The van der Waals surface area contributed by atoms with Crippen molar-refractivity contribution in [1.82, 2.24) is 4.90 Å². The van der Waals surface area contributed by atoms with Crippen molar-refractivity contribution >= 4 is 5.97 Å². The summed E-state index contributed by atoms with van der Waals surface area (Å²) in [4.78, 5) is 13.5. The molecule has 1 rings (SSSR count). The molecule has 1 saturated heterocycles. The van der Waals surface area contributed by atoms with Gasteiger partial charge in [0.15, 0.2) is 0 Å². The molecule has 1 aliphatic rings. The summed E-state index contributed by atoms with van der Waals surface area (Å²) in [5.74, 6) is -0.567. The summed E-state index contributed by atoms with van der Waals surface area (Å²) in [6, 6.07) is 0.471. The first-order valence-corrected chi connectivity index (χ1v) is 6.59. The molecule has 0 aromatic rings. The highest BCUT2D eigenvalue weighted by atomic mass is 16.5. The van der Waals surface area contributed by atoms with E-state index in [4.69, 9.17) is 4.74 Å². The third kappa shape index (κ3) is 3.19. The average Bonchev–Trinajstić information content (AvgIpc) is 2.73. The maximum Gasteiger partial charge on any atom is 0.310 e. The Morgan fingerprint density at radius 3 is 2.47 bits per heavy atom. The van der Waals surface area contributed by atoms with E-state index in [1.165, 1.54) is 0 Å². The van der Waals surface area contributed by atoms with E-state index in [-0.39, 0.29) is 12.0 Å². The molecule has 1 aliphatic heterocycles. The molecule has 0 spiro atoms. The summed E-state index contributed by atoms with van der Waals surface area (Å²) in [7, 11) is 0. The standard InChI is InChI=1S/C13H25NO3/c1-5-11(9(3)4)14(6-2)12-8-17-7-10(12)13(15)16/h9-12H,5-8H2,1-4H3,(H,15,16). The Morgan fingerprint density at radius 2 is 2.06 bits per heavy atom. The predicted molar refractivity (Wildman–Crippen MR) is 67.0 cm³/mol. The first-order valence-electron chi connectivity index (χ1n) is 6.59. The van der Waals surface area contributed by atoms with Crippen molar-refractivity contribution in [3.8, 4) is 0 Å². The van der Waals surface area contributed by atoms with Crippen LogP contribution in [0.1, 0.15) is 34.1 Å². The average molecular weight is 243 g/mol. The SMILES string of the molecule is CCC(C(C)C)N(CC)C1COCC1C(=O)O. The number of carboxylic acids is 1. The predicted octanol–water partition coefficient (Wildman–Crippen LogP) is 1.84. The molecule has 100 valence electrons. The molecule has 4 nitrogen and oxygen atoms in total. The number of carbonyl (C=O) groups is 1. The van der Waals surface area contributed by atoms with Crippen molar-refractivity contribution in [2.75, 3.05) is 19.8 Å². The molecule has 0 aliphatic carbocycles. The molecular formula is C13H25NO3. The lowest BCUT2D eigenvalue weighted by atomic mass is 9.94. The van der Waals surface area contributed by atoms with Gasteiger partial charge in [-0.05, 0) is 18.9 Å². The van der Waals surface area contributed by atoms with Gasteiger partial charge in [-0.15, -0.1) is 0 Å². The van der Waals surface area contributed by atoms with Crippen molar-refractivity contribution in [2.45, 2.75) is 46.2 Å². The molecule has 1 fully saturated rings. The van der Waals surface area contributed by atoms with Gasteiger partial charge in [0.05, 0.1) is 19.1 Å². The summed E-state index contributed by atoms with van der Waals surface area (Å²) in [6.45, 7) is 10.4. The summed E-state index contributed by atoms with van der Waals surface area (Å²) < 4.78 is 5.37. The summed E-state index contributed by atoms with van der Waals surface area (Å²) in [5, 5.41) is 9.21. The van der Waals surface area contributed by atoms with E-state index in [1.807, 2.05) is 0 Å². The van der Waals surface area contributed by atoms with Crippen LogP contribution in [0.2, 0.25) is 0 Å². The van der Waals surface area contributed by atoms with E-state index in [2.05, 4.69) is 32.6 Å². The monoisotopic (exact) mass is 243 g/mol. The molecule has 0 bridgehead atoms. The van der Waals surface area contributed by atoms with Crippen LogP contribution < -0.4 is 0 Å². The van der Waals surface area contributed by atoms with Gasteiger partial charge in [-0.25, -0.2) is 0 Å². The molecule has 4 heteroatoms. The highest BCUT2D eigenvalue weighted by molar-refractivity contribution is 5.71. The van der Waals surface area contributed by atoms with Crippen molar-refractivity contribution in [2.24, 2.45) is 11.8 Å². The number of carboxylic acid groups (broad SMARTS) is 1. The zero-order valence-electron chi connectivity index (χ0n) is 11.3. The number of hydrogen-bond acceptors (Lipinski definition) is 3. The van der Waals surface area contributed by atoms with Gasteiger partial charge >= 0.3 is 5.97 Å². The second-order valence-electron chi connectivity index (χ2n) is 5.10. The van der Waals surface area contributed by atoms with Gasteiger partial charge in [0.1, 0.15) is 0 Å². The van der Waals surface area contributed by atoms with E-state index in [0.717, 1.165) is 13.0 Å². The Morgan fingerprint density at radius 1 is 1.41 bits per heavy atom. The molecule has 0 aromatic heterocycles. The molecule has 0 radical (unpaired) electrons. The van der Waals surface area contributed by atoms with Crippen LogP contribution in [0.25, 0.3) is 0 Å². The second-order valence-corrected chi connectivity index (χ2v) is 5.10. The normalized spacial score (nSPS) is 26.7. The van der Waals surface area contributed by atoms with Gasteiger partial charge in [-0.2, -0.15) is 0 Å². The molecule has 3 unspecified atom stereocenters. The Balaban J connectivity index is 2.81. The van der Waals surface area contributed by atoms with Crippen LogP contribution in [0.4, 0.5) is 0 Å². The van der Waals surface area contributed by atoms with Gasteiger partial charge in [0, 0.05) is 12.1 Å². The molecule has 3 atom stereocenters. The zero-order valence-corrected chi connectivity index (χ0v) is 11.3. The van der Waals surface area contributed by atoms with Crippen LogP contribution in [0, 0.1) is 11.8 Å². The van der Waals surface area contributed by atoms with Gasteiger partial charge in [0.2, 0.25) is 0 Å².